The number of piperazine rings is 1. The summed E-state index contributed by atoms with van der Waals surface area (Å²) in [4.78, 5) is 2.40. The molecule has 1 heterocycles. The van der Waals surface area contributed by atoms with Crippen molar-refractivity contribution >= 4 is 24.0 Å². The maximum absolute atomic E-state index is 13.6. The van der Waals surface area contributed by atoms with Crippen molar-refractivity contribution in [2.24, 2.45) is 5.41 Å². The van der Waals surface area contributed by atoms with Crippen molar-refractivity contribution in [1.82, 2.24) is 10.2 Å². The van der Waals surface area contributed by atoms with Crippen LogP contribution in [0.25, 0.3) is 0 Å². The van der Waals surface area contributed by atoms with Gasteiger partial charge in [-0.3, -0.25) is 4.90 Å². The van der Waals surface area contributed by atoms with E-state index in [2.05, 4.69) is 31.0 Å². The zero-order chi connectivity index (χ0) is 14.0. The first-order valence-corrected chi connectivity index (χ1v) is 7.17. The molecule has 0 radical (unpaired) electrons. The summed E-state index contributed by atoms with van der Waals surface area (Å²) in [6.45, 7) is 10.4. The van der Waals surface area contributed by atoms with E-state index in [0.29, 0.717) is 5.02 Å². The van der Waals surface area contributed by atoms with Gasteiger partial charge in [-0.2, -0.15) is 0 Å². The third-order valence-electron chi connectivity index (χ3n) is 3.59. The maximum atomic E-state index is 13.6. The van der Waals surface area contributed by atoms with Gasteiger partial charge in [0, 0.05) is 37.2 Å². The average molecular weight is 321 g/mol. The van der Waals surface area contributed by atoms with Crippen molar-refractivity contribution in [1.29, 1.82) is 0 Å². The van der Waals surface area contributed by atoms with Gasteiger partial charge in [0.1, 0.15) is 5.82 Å². The summed E-state index contributed by atoms with van der Waals surface area (Å²) in [6.07, 6.45) is 0. The minimum absolute atomic E-state index is 0. The lowest BCUT2D eigenvalue weighted by molar-refractivity contribution is 0.0861. The van der Waals surface area contributed by atoms with Gasteiger partial charge in [0.15, 0.2) is 0 Å². The van der Waals surface area contributed by atoms with Crippen LogP contribution in [-0.2, 0) is 0 Å². The molecule has 20 heavy (non-hydrogen) atoms. The Hall–Kier alpha value is -0.350. The molecule has 1 saturated heterocycles. The molecule has 1 fully saturated rings. The fraction of sp³-hybridized carbons (Fsp3) is 0.600. The van der Waals surface area contributed by atoms with E-state index >= 15 is 0 Å². The molecule has 0 aromatic heterocycles. The molecule has 1 atom stereocenters. The molecule has 0 saturated carbocycles. The second-order valence-electron chi connectivity index (χ2n) is 6.22. The van der Waals surface area contributed by atoms with Crippen LogP contribution in [0.4, 0.5) is 4.39 Å². The Kier molecular flexibility index (Phi) is 6.26. The molecular formula is C15H23Cl2FN2. The van der Waals surface area contributed by atoms with Gasteiger partial charge in [-0.15, -0.1) is 12.4 Å². The summed E-state index contributed by atoms with van der Waals surface area (Å²) in [5, 5.41) is 4.00. The molecule has 0 spiro atoms. The molecule has 0 bridgehead atoms. The molecule has 1 aliphatic heterocycles. The highest BCUT2D eigenvalue weighted by Crippen LogP contribution is 2.41. The van der Waals surface area contributed by atoms with Crippen molar-refractivity contribution in [3.63, 3.8) is 0 Å². The standard InChI is InChI=1S/C15H22ClFN2.ClH/c1-15(2,3)14(19-8-6-18-7-9-19)12-10-11(17)4-5-13(12)16;/h4-5,10,14,18H,6-9H2,1-3H3;1H/t14-;/m0./s1. The summed E-state index contributed by atoms with van der Waals surface area (Å²) in [7, 11) is 0. The van der Waals surface area contributed by atoms with Crippen LogP contribution in [-0.4, -0.2) is 31.1 Å². The molecule has 114 valence electrons. The molecular weight excluding hydrogens is 298 g/mol. The second kappa shape index (κ2) is 7.08. The maximum Gasteiger partial charge on any atom is 0.123 e. The van der Waals surface area contributed by atoms with E-state index < -0.39 is 0 Å². The molecule has 0 aliphatic carbocycles. The van der Waals surface area contributed by atoms with Gasteiger partial charge in [-0.1, -0.05) is 32.4 Å². The Labute approximate surface area is 132 Å². The Morgan fingerprint density at radius 2 is 1.85 bits per heavy atom. The molecule has 0 amide bonds. The van der Waals surface area contributed by atoms with Gasteiger partial charge in [-0.05, 0) is 29.2 Å². The van der Waals surface area contributed by atoms with Gasteiger partial charge in [0.2, 0.25) is 0 Å². The topological polar surface area (TPSA) is 15.3 Å². The van der Waals surface area contributed by atoms with Gasteiger partial charge in [0.05, 0.1) is 0 Å². The molecule has 1 aliphatic rings. The highest BCUT2D eigenvalue weighted by molar-refractivity contribution is 6.31. The van der Waals surface area contributed by atoms with Gasteiger partial charge < -0.3 is 5.32 Å². The van der Waals surface area contributed by atoms with Crippen LogP contribution in [0.2, 0.25) is 5.02 Å². The zero-order valence-corrected chi connectivity index (χ0v) is 13.8. The Morgan fingerprint density at radius 3 is 2.40 bits per heavy atom. The number of hydrogen-bond acceptors (Lipinski definition) is 2. The fourth-order valence-corrected chi connectivity index (χ4v) is 3.10. The van der Waals surface area contributed by atoms with Crippen molar-refractivity contribution in [2.45, 2.75) is 26.8 Å². The summed E-state index contributed by atoms with van der Waals surface area (Å²) in [6, 6.07) is 4.80. The Bertz CT molecular complexity index is 440. The lowest BCUT2D eigenvalue weighted by atomic mass is 9.81. The molecule has 5 heteroatoms. The molecule has 1 aromatic carbocycles. The highest BCUT2D eigenvalue weighted by Gasteiger charge is 2.33. The number of halogens is 3. The first kappa shape index (κ1) is 17.7. The molecule has 1 N–H and O–H groups in total. The fourth-order valence-electron chi connectivity index (χ4n) is 2.88. The van der Waals surface area contributed by atoms with Gasteiger partial charge in [0.25, 0.3) is 0 Å². The predicted molar refractivity (Wildman–Crippen MR) is 85.3 cm³/mol. The van der Waals surface area contributed by atoms with Crippen molar-refractivity contribution in [3.05, 3.63) is 34.6 Å². The largest absolute Gasteiger partial charge is 0.314 e. The van der Waals surface area contributed by atoms with E-state index in [1.54, 1.807) is 12.1 Å². The van der Waals surface area contributed by atoms with Crippen molar-refractivity contribution < 1.29 is 4.39 Å². The lowest BCUT2D eigenvalue weighted by Gasteiger charge is -2.43. The van der Waals surface area contributed by atoms with E-state index in [1.165, 1.54) is 6.07 Å². The van der Waals surface area contributed by atoms with E-state index in [9.17, 15) is 4.39 Å². The number of benzene rings is 1. The van der Waals surface area contributed by atoms with Crippen LogP contribution in [0.15, 0.2) is 18.2 Å². The van der Waals surface area contributed by atoms with Gasteiger partial charge in [-0.25, -0.2) is 4.39 Å². The van der Waals surface area contributed by atoms with Crippen LogP contribution < -0.4 is 5.32 Å². The molecule has 2 nitrogen and oxygen atoms in total. The minimum atomic E-state index is -0.219. The van der Waals surface area contributed by atoms with Gasteiger partial charge >= 0.3 is 0 Å². The van der Waals surface area contributed by atoms with Crippen molar-refractivity contribution in [2.75, 3.05) is 26.2 Å². The van der Waals surface area contributed by atoms with E-state index in [0.717, 1.165) is 31.7 Å². The lowest BCUT2D eigenvalue weighted by Crippen LogP contribution is -2.48. The first-order chi connectivity index (χ1) is 8.89. The molecule has 0 unspecified atom stereocenters. The average Bonchev–Trinajstić information content (AvgIpc) is 2.33. The van der Waals surface area contributed by atoms with Crippen LogP contribution in [0.3, 0.4) is 0 Å². The first-order valence-electron chi connectivity index (χ1n) is 6.79. The van der Waals surface area contributed by atoms with Crippen molar-refractivity contribution in [3.8, 4) is 0 Å². The number of hydrogen-bond donors (Lipinski definition) is 1. The number of rotatable bonds is 2. The van der Waals surface area contributed by atoms with Crippen LogP contribution in [0, 0.1) is 11.2 Å². The monoisotopic (exact) mass is 320 g/mol. The van der Waals surface area contributed by atoms with Crippen LogP contribution >= 0.6 is 24.0 Å². The quantitative estimate of drug-likeness (QED) is 0.889. The highest BCUT2D eigenvalue weighted by atomic mass is 35.5. The molecule has 1 aromatic rings. The third kappa shape index (κ3) is 4.08. The number of nitrogens with one attached hydrogen (secondary N) is 1. The Morgan fingerprint density at radius 1 is 1.25 bits per heavy atom. The Balaban J connectivity index is 0.00000200. The second-order valence-corrected chi connectivity index (χ2v) is 6.63. The number of nitrogens with zero attached hydrogens (tertiary/aromatic N) is 1. The predicted octanol–water partition coefficient (Wildman–Crippen LogP) is 3.89. The van der Waals surface area contributed by atoms with Crippen LogP contribution in [0.5, 0.6) is 0 Å². The smallest absolute Gasteiger partial charge is 0.123 e. The normalized spacial score (nSPS) is 18.4. The summed E-state index contributed by atoms with van der Waals surface area (Å²) in [5.74, 6) is -0.219. The summed E-state index contributed by atoms with van der Waals surface area (Å²) in [5.41, 5.74) is 0.908. The zero-order valence-electron chi connectivity index (χ0n) is 12.2. The SMILES string of the molecule is CC(C)(C)[C@H](c1cc(F)ccc1Cl)N1CCNCC1.Cl. The third-order valence-corrected chi connectivity index (χ3v) is 3.93. The summed E-state index contributed by atoms with van der Waals surface area (Å²) >= 11 is 6.31. The van der Waals surface area contributed by atoms with E-state index in [1.807, 2.05) is 0 Å². The van der Waals surface area contributed by atoms with E-state index in [4.69, 9.17) is 11.6 Å². The van der Waals surface area contributed by atoms with Crippen LogP contribution in [0.1, 0.15) is 32.4 Å². The summed E-state index contributed by atoms with van der Waals surface area (Å²) < 4.78 is 13.6. The van der Waals surface area contributed by atoms with E-state index in [-0.39, 0.29) is 29.7 Å². The molecule has 2 rings (SSSR count). The minimum Gasteiger partial charge on any atom is -0.314 e.